The number of phenols is 2. The monoisotopic (exact) mass is 244 g/mol. The Morgan fingerprint density at radius 2 is 1.72 bits per heavy atom. The Bertz CT molecular complexity index is 582. The summed E-state index contributed by atoms with van der Waals surface area (Å²) >= 11 is 0. The third-order valence-corrected chi connectivity index (χ3v) is 2.85. The number of fused-ring (bicyclic) bond motifs is 1. The lowest BCUT2D eigenvalue weighted by atomic mass is 9.86. The maximum absolute atomic E-state index is 12.1. The van der Waals surface area contributed by atoms with Gasteiger partial charge in [-0.2, -0.15) is 0 Å². The van der Waals surface area contributed by atoms with E-state index in [1.54, 1.807) is 6.08 Å². The topological polar surface area (TPSA) is 74.6 Å². The molecule has 18 heavy (non-hydrogen) atoms. The quantitative estimate of drug-likeness (QED) is 0.632. The molecule has 0 heterocycles. The fourth-order valence-corrected chi connectivity index (χ4v) is 1.96. The molecule has 0 spiro atoms. The molecule has 0 atom stereocenters. The zero-order valence-electron chi connectivity index (χ0n) is 9.64. The van der Waals surface area contributed by atoms with Gasteiger partial charge in [-0.15, -0.1) is 6.58 Å². The number of phenolic OH excluding ortho intramolecular Hbond substituents is 2. The number of hydrogen-bond acceptors (Lipinski definition) is 4. The molecule has 1 aliphatic rings. The summed E-state index contributed by atoms with van der Waals surface area (Å²) < 4.78 is 0. The van der Waals surface area contributed by atoms with E-state index in [9.17, 15) is 19.8 Å². The largest absolute Gasteiger partial charge is 0.507 e. The predicted molar refractivity (Wildman–Crippen MR) is 65.9 cm³/mol. The van der Waals surface area contributed by atoms with Crippen molar-refractivity contribution in [2.24, 2.45) is 0 Å². The van der Waals surface area contributed by atoms with E-state index in [0.717, 1.165) is 0 Å². The Balaban J connectivity index is 2.54. The highest BCUT2D eigenvalue weighted by molar-refractivity contribution is 6.26. The van der Waals surface area contributed by atoms with Crippen molar-refractivity contribution in [3.63, 3.8) is 0 Å². The molecule has 0 amide bonds. The molecule has 2 rings (SSSR count). The van der Waals surface area contributed by atoms with E-state index in [1.165, 1.54) is 18.2 Å². The highest BCUT2D eigenvalue weighted by Gasteiger charge is 2.30. The van der Waals surface area contributed by atoms with Crippen LogP contribution in [0.5, 0.6) is 11.5 Å². The van der Waals surface area contributed by atoms with Gasteiger partial charge in [-0.3, -0.25) is 9.59 Å². The summed E-state index contributed by atoms with van der Waals surface area (Å²) in [6.07, 6.45) is 3.83. The minimum absolute atomic E-state index is 0.110. The SMILES string of the molecule is C=CCCC1=CC(=O)c2c(O)ccc(O)c2C1=O. The van der Waals surface area contributed by atoms with Crippen molar-refractivity contribution in [2.45, 2.75) is 12.8 Å². The average Bonchev–Trinajstić information content (AvgIpc) is 2.34. The van der Waals surface area contributed by atoms with E-state index >= 15 is 0 Å². The van der Waals surface area contributed by atoms with Gasteiger partial charge in [0.25, 0.3) is 0 Å². The minimum atomic E-state index is -0.461. The normalized spacial score (nSPS) is 14.1. The number of allylic oxidation sites excluding steroid dienone is 3. The van der Waals surface area contributed by atoms with Crippen molar-refractivity contribution in [3.05, 3.63) is 47.6 Å². The Hall–Kier alpha value is -2.36. The van der Waals surface area contributed by atoms with Gasteiger partial charge in [-0.25, -0.2) is 0 Å². The van der Waals surface area contributed by atoms with Crippen LogP contribution in [0.1, 0.15) is 33.6 Å². The molecular weight excluding hydrogens is 232 g/mol. The molecule has 0 fully saturated rings. The number of ketones is 2. The second-order valence-corrected chi connectivity index (χ2v) is 4.04. The highest BCUT2D eigenvalue weighted by Crippen LogP contribution is 2.35. The second-order valence-electron chi connectivity index (χ2n) is 4.04. The maximum Gasteiger partial charge on any atom is 0.193 e. The van der Waals surface area contributed by atoms with E-state index in [-0.39, 0.29) is 22.6 Å². The molecular formula is C14H12O4. The number of benzene rings is 1. The zero-order chi connectivity index (χ0) is 13.3. The molecule has 2 N–H and O–H groups in total. The first-order chi connectivity index (χ1) is 8.56. The van der Waals surface area contributed by atoms with Crippen LogP contribution in [0.3, 0.4) is 0 Å². The number of hydrogen-bond donors (Lipinski definition) is 2. The highest BCUT2D eigenvalue weighted by atomic mass is 16.3. The average molecular weight is 244 g/mol. The molecule has 0 saturated carbocycles. The van der Waals surface area contributed by atoms with Gasteiger partial charge >= 0.3 is 0 Å². The predicted octanol–water partition coefficient (Wildman–Crippen LogP) is 2.37. The Kier molecular flexibility index (Phi) is 3.02. The number of aromatic hydroxyl groups is 2. The lowest BCUT2D eigenvalue weighted by Gasteiger charge is -2.16. The zero-order valence-corrected chi connectivity index (χ0v) is 9.64. The number of Topliss-reactive ketones (excluding diaryl/α,β-unsaturated/α-hetero) is 1. The lowest BCUT2D eigenvalue weighted by Crippen LogP contribution is -2.17. The Morgan fingerprint density at radius 1 is 1.11 bits per heavy atom. The smallest absolute Gasteiger partial charge is 0.193 e. The van der Waals surface area contributed by atoms with Crippen LogP contribution in [0.2, 0.25) is 0 Å². The summed E-state index contributed by atoms with van der Waals surface area (Å²) in [6.45, 7) is 3.55. The first-order valence-electron chi connectivity index (χ1n) is 5.51. The van der Waals surface area contributed by atoms with Crippen LogP contribution in [-0.4, -0.2) is 21.8 Å². The van der Waals surface area contributed by atoms with Gasteiger partial charge in [-0.1, -0.05) is 6.08 Å². The first-order valence-corrected chi connectivity index (χ1v) is 5.51. The summed E-state index contributed by atoms with van der Waals surface area (Å²) in [5, 5.41) is 19.3. The maximum atomic E-state index is 12.1. The molecule has 1 aromatic carbocycles. The third kappa shape index (κ3) is 1.82. The summed E-state index contributed by atoms with van der Waals surface area (Å²) in [5.41, 5.74) is 0.0946. The minimum Gasteiger partial charge on any atom is -0.507 e. The van der Waals surface area contributed by atoms with E-state index < -0.39 is 11.6 Å². The molecule has 0 aromatic heterocycles. The van der Waals surface area contributed by atoms with Crippen molar-refractivity contribution in [2.75, 3.05) is 0 Å². The van der Waals surface area contributed by atoms with Crippen molar-refractivity contribution in [1.29, 1.82) is 0 Å². The van der Waals surface area contributed by atoms with Gasteiger partial charge < -0.3 is 10.2 Å². The molecule has 1 aliphatic carbocycles. The molecule has 1 aromatic rings. The summed E-state index contributed by atoms with van der Waals surface area (Å²) in [7, 11) is 0. The van der Waals surface area contributed by atoms with E-state index in [1.807, 2.05) is 0 Å². The molecule has 0 aliphatic heterocycles. The van der Waals surface area contributed by atoms with Gasteiger partial charge in [-0.05, 0) is 31.1 Å². The first kappa shape index (κ1) is 12.1. The van der Waals surface area contributed by atoms with Crippen LogP contribution in [0.15, 0.2) is 36.4 Å². The van der Waals surface area contributed by atoms with Crippen LogP contribution >= 0.6 is 0 Å². The molecule has 4 heteroatoms. The Morgan fingerprint density at radius 3 is 2.33 bits per heavy atom. The van der Waals surface area contributed by atoms with Gasteiger partial charge in [0.15, 0.2) is 11.6 Å². The van der Waals surface area contributed by atoms with Crippen LogP contribution in [0.25, 0.3) is 0 Å². The fourth-order valence-electron chi connectivity index (χ4n) is 1.96. The van der Waals surface area contributed by atoms with Gasteiger partial charge in [0, 0.05) is 5.57 Å². The number of carbonyl (C=O) groups excluding carboxylic acids is 2. The van der Waals surface area contributed by atoms with Gasteiger partial charge in [0.05, 0.1) is 11.1 Å². The fraction of sp³-hybridized carbons (Fsp3) is 0.143. The standard InChI is InChI=1S/C14H12O4/c1-2-3-4-8-7-11(17)12-9(15)5-6-10(16)13(12)14(8)18/h2,5-7,15-16H,1,3-4H2. The van der Waals surface area contributed by atoms with Crippen LogP contribution < -0.4 is 0 Å². The molecule has 0 saturated heterocycles. The molecule has 0 radical (unpaired) electrons. The van der Waals surface area contributed by atoms with Crippen molar-refractivity contribution in [1.82, 2.24) is 0 Å². The van der Waals surface area contributed by atoms with Crippen LogP contribution in [0.4, 0.5) is 0 Å². The lowest BCUT2D eigenvalue weighted by molar-refractivity contribution is 0.0976. The molecule has 0 unspecified atom stereocenters. The van der Waals surface area contributed by atoms with Crippen molar-refractivity contribution >= 4 is 11.6 Å². The molecule has 4 nitrogen and oxygen atoms in total. The summed E-state index contributed by atoms with van der Waals surface area (Å²) in [6, 6.07) is 2.40. The van der Waals surface area contributed by atoms with Gasteiger partial charge in [0.2, 0.25) is 0 Å². The number of rotatable bonds is 3. The van der Waals surface area contributed by atoms with E-state index in [4.69, 9.17) is 0 Å². The molecule has 92 valence electrons. The molecule has 0 bridgehead atoms. The Labute approximate surface area is 104 Å². The second kappa shape index (κ2) is 4.49. The summed E-state index contributed by atoms with van der Waals surface area (Å²) in [5.74, 6) is -1.46. The van der Waals surface area contributed by atoms with E-state index in [0.29, 0.717) is 18.4 Å². The van der Waals surface area contributed by atoms with Crippen molar-refractivity contribution < 1.29 is 19.8 Å². The van der Waals surface area contributed by atoms with E-state index in [2.05, 4.69) is 6.58 Å². The number of carbonyl (C=O) groups is 2. The van der Waals surface area contributed by atoms with Gasteiger partial charge in [0.1, 0.15) is 11.5 Å². The third-order valence-electron chi connectivity index (χ3n) is 2.85. The van der Waals surface area contributed by atoms with Crippen LogP contribution in [0, 0.1) is 0 Å². The summed E-state index contributed by atoms with van der Waals surface area (Å²) in [4.78, 5) is 24.0. The van der Waals surface area contributed by atoms with Crippen molar-refractivity contribution in [3.8, 4) is 11.5 Å². The van der Waals surface area contributed by atoms with Crippen LogP contribution in [-0.2, 0) is 0 Å².